The molecule has 0 saturated heterocycles. The lowest BCUT2D eigenvalue weighted by Crippen LogP contribution is -2.21. The van der Waals surface area contributed by atoms with Crippen LogP contribution in [0.4, 0.5) is 5.69 Å². The summed E-state index contributed by atoms with van der Waals surface area (Å²) in [6, 6.07) is 4.09. The van der Waals surface area contributed by atoms with Crippen LogP contribution in [0.2, 0.25) is 0 Å². The van der Waals surface area contributed by atoms with Crippen LogP contribution in [0.15, 0.2) is 12.1 Å². The van der Waals surface area contributed by atoms with Crippen LogP contribution in [-0.4, -0.2) is 22.7 Å². The minimum absolute atomic E-state index is 0.0190. The molecule has 1 aromatic carbocycles. The number of anilines is 1. The number of aryl methyl sites for hydroxylation is 5. The lowest BCUT2D eigenvalue weighted by molar-refractivity contribution is -0.118. The summed E-state index contributed by atoms with van der Waals surface area (Å²) in [6.07, 6.45) is 0. The van der Waals surface area contributed by atoms with Gasteiger partial charge in [0.25, 0.3) is 5.91 Å². The average molecular weight is 287 g/mol. The van der Waals surface area contributed by atoms with Crippen LogP contribution in [0.1, 0.15) is 28.1 Å². The number of H-pyrrole nitrogens is 1. The summed E-state index contributed by atoms with van der Waals surface area (Å²) in [5.41, 5.74) is 5.59. The van der Waals surface area contributed by atoms with Gasteiger partial charge in [0.2, 0.25) is 0 Å². The highest BCUT2D eigenvalue weighted by Gasteiger charge is 2.12. The maximum absolute atomic E-state index is 12.0. The van der Waals surface area contributed by atoms with Gasteiger partial charge in [0.15, 0.2) is 6.61 Å². The fourth-order valence-corrected chi connectivity index (χ4v) is 2.44. The summed E-state index contributed by atoms with van der Waals surface area (Å²) in [7, 11) is 0. The molecule has 0 atom stereocenters. The first-order chi connectivity index (χ1) is 9.88. The number of carbonyl (C=O) groups is 1. The van der Waals surface area contributed by atoms with Crippen molar-refractivity contribution in [2.45, 2.75) is 34.6 Å². The molecule has 2 aromatic rings. The smallest absolute Gasteiger partial charge is 0.262 e. The molecule has 0 aliphatic carbocycles. The van der Waals surface area contributed by atoms with Crippen LogP contribution in [0.25, 0.3) is 0 Å². The number of rotatable bonds is 4. The number of aromatic amines is 1. The predicted octanol–water partition coefficient (Wildman–Crippen LogP) is 2.97. The molecule has 0 fully saturated rings. The zero-order valence-electron chi connectivity index (χ0n) is 13.1. The van der Waals surface area contributed by atoms with Crippen LogP contribution in [0.3, 0.4) is 0 Å². The standard InChI is InChI=1S/C16H21N3O2/c1-9-6-10(2)16(11(3)7-9)21-8-14(20)17-15-12(4)18-19-13(15)5/h6-7H,8H2,1-5H3,(H,17,20)(H,18,19). The Morgan fingerprint density at radius 3 is 2.33 bits per heavy atom. The summed E-state index contributed by atoms with van der Waals surface area (Å²) in [4.78, 5) is 12.0. The first-order valence-corrected chi connectivity index (χ1v) is 6.90. The van der Waals surface area contributed by atoms with Gasteiger partial charge in [0.05, 0.1) is 17.1 Å². The topological polar surface area (TPSA) is 67.0 Å². The van der Waals surface area contributed by atoms with E-state index in [0.29, 0.717) is 0 Å². The fraction of sp³-hybridized carbons (Fsp3) is 0.375. The molecule has 0 aliphatic rings. The second kappa shape index (κ2) is 5.99. The Morgan fingerprint density at radius 2 is 1.81 bits per heavy atom. The Balaban J connectivity index is 2.02. The Hall–Kier alpha value is -2.30. The Labute approximate surface area is 124 Å². The lowest BCUT2D eigenvalue weighted by atomic mass is 10.1. The summed E-state index contributed by atoms with van der Waals surface area (Å²) >= 11 is 0. The van der Waals surface area contributed by atoms with E-state index in [4.69, 9.17) is 4.74 Å². The van der Waals surface area contributed by atoms with Crippen molar-refractivity contribution in [2.75, 3.05) is 11.9 Å². The van der Waals surface area contributed by atoms with E-state index in [1.54, 1.807) is 0 Å². The molecule has 2 N–H and O–H groups in total. The number of nitrogens with zero attached hydrogens (tertiary/aromatic N) is 1. The van der Waals surface area contributed by atoms with E-state index in [1.807, 2.05) is 46.8 Å². The first-order valence-electron chi connectivity index (χ1n) is 6.90. The van der Waals surface area contributed by atoms with E-state index >= 15 is 0 Å². The molecule has 0 aliphatic heterocycles. The van der Waals surface area contributed by atoms with Crippen LogP contribution in [0, 0.1) is 34.6 Å². The summed E-state index contributed by atoms with van der Waals surface area (Å²) in [5, 5.41) is 9.70. The Bertz CT molecular complexity index is 632. The molecule has 0 unspecified atom stereocenters. The van der Waals surface area contributed by atoms with Gasteiger partial charge in [-0.1, -0.05) is 17.7 Å². The van der Waals surface area contributed by atoms with Gasteiger partial charge in [-0.25, -0.2) is 0 Å². The number of hydrogen-bond acceptors (Lipinski definition) is 3. The Morgan fingerprint density at radius 1 is 1.19 bits per heavy atom. The SMILES string of the molecule is Cc1cc(C)c(OCC(=O)Nc2c(C)n[nH]c2C)c(C)c1. The zero-order chi connectivity index (χ0) is 15.6. The van der Waals surface area contributed by atoms with Crippen molar-refractivity contribution in [1.29, 1.82) is 0 Å². The number of nitrogens with one attached hydrogen (secondary N) is 2. The molecule has 0 bridgehead atoms. The van der Waals surface area contributed by atoms with Gasteiger partial charge in [-0.15, -0.1) is 0 Å². The molecule has 0 saturated carbocycles. The highest BCUT2D eigenvalue weighted by Crippen LogP contribution is 2.24. The largest absolute Gasteiger partial charge is 0.483 e. The van der Waals surface area contributed by atoms with Crippen molar-refractivity contribution in [3.63, 3.8) is 0 Å². The number of aromatic nitrogens is 2. The third kappa shape index (κ3) is 3.42. The van der Waals surface area contributed by atoms with Gasteiger partial charge in [-0.3, -0.25) is 9.89 Å². The van der Waals surface area contributed by atoms with Crippen molar-refractivity contribution < 1.29 is 9.53 Å². The minimum atomic E-state index is -0.193. The number of ether oxygens (including phenoxy) is 1. The molecule has 21 heavy (non-hydrogen) atoms. The second-order valence-electron chi connectivity index (χ2n) is 5.37. The van der Waals surface area contributed by atoms with E-state index in [9.17, 15) is 4.79 Å². The molecule has 112 valence electrons. The van der Waals surface area contributed by atoms with Crippen molar-refractivity contribution in [3.05, 3.63) is 40.2 Å². The molecule has 0 spiro atoms. The molecule has 0 radical (unpaired) electrons. The average Bonchev–Trinajstić information content (AvgIpc) is 2.69. The molecule has 5 nitrogen and oxygen atoms in total. The van der Waals surface area contributed by atoms with E-state index in [0.717, 1.165) is 34.0 Å². The minimum Gasteiger partial charge on any atom is -0.483 e. The molecule has 1 amide bonds. The van der Waals surface area contributed by atoms with Crippen molar-refractivity contribution in [2.24, 2.45) is 0 Å². The molecule has 2 rings (SSSR count). The van der Waals surface area contributed by atoms with Crippen molar-refractivity contribution >= 4 is 11.6 Å². The monoisotopic (exact) mass is 287 g/mol. The molecule has 1 aromatic heterocycles. The van der Waals surface area contributed by atoms with E-state index in [2.05, 4.69) is 15.5 Å². The number of benzene rings is 1. The first kappa shape index (κ1) is 15.1. The molecular weight excluding hydrogens is 266 g/mol. The predicted molar refractivity (Wildman–Crippen MR) is 82.8 cm³/mol. The van der Waals surface area contributed by atoms with Crippen LogP contribution < -0.4 is 10.1 Å². The van der Waals surface area contributed by atoms with Gasteiger partial charge in [-0.2, -0.15) is 5.10 Å². The van der Waals surface area contributed by atoms with Gasteiger partial charge in [-0.05, 0) is 45.7 Å². The number of amides is 1. The molecule has 5 heteroatoms. The van der Waals surface area contributed by atoms with Gasteiger partial charge < -0.3 is 10.1 Å². The van der Waals surface area contributed by atoms with Crippen LogP contribution in [0.5, 0.6) is 5.75 Å². The zero-order valence-corrected chi connectivity index (χ0v) is 13.1. The quantitative estimate of drug-likeness (QED) is 0.908. The van der Waals surface area contributed by atoms with Crippen LogP contribution in [-0.2, 0) is 4.79 Å². The maximum atomic E-state index is 12.0. The third-order valence-electron chi connectivity index (χ3n) is 3.34. The van der Waals surface area contributed by atoms with E-state index in [1.165, 1.54) is 5.56 Å². The molecular formula is C16H21N3O2. The highest BCUT2D eigenvalue weighted by atomic mass is 16.5. The second-order valence-corrected chi connectivity index (χ2v) is 5.37. The van der Waals surface area contributed by atoms with Gasteiger partial charge in [0.1, 0.15) is 5.75 Å². The van der Waals surface area contributed by atoms with Crippen LogP contribution >= 0.6 is 0 Å². The summed E-state index contributed by atoms with van der Waals surface area (Å²) in [5.74, 6) is 0.582. The third-order valence-corrected chi connectivity index (χ3v) is 3.34. The highest BCUT2D eigenvalue weighted by molar-refractivity contribution is 5.93. The lowest BCUT2D eigenvalue weighted by Gasteiger charge is -2.13. The van der Waals surface area contributed by atoms with E-state index in [-0.39, 0.29) is 12.5 Å². The normalized spacial score (nSPS) is 10.5. The van der Waals surface area contributed by atoms with Gasteiger partial charge >= 0.3 is 0 Å². The van der Waals surface area contributed by atoms with E-state index < -0.39 is 0 Å². The summed E-state index contributed by atoms with van der Waals surface area (Å²) in [6.45, 7) is 9.70. The number of carbonyl (C=O) groups excluding carboxylic acids is 1. The van der Waals surface area contributed by atoms with Crippen molar-refractivity contribution in [3.8, 4) is 5.75 Å². The Kier molecular flexibility index (Phi) is 4.31. The maximum Gasteiger partial charge on any atom is 0.262 e. The fourth-order valence-electron chi connectivity index (χ4n) is 2.44. The number of hydrogen-bond donors (Lipinski definition) is 2. The van der Waals surface area contributed by atoms with Crippen molar-refractivity contribution in [1.82, 2.24) is 10.2 Å². The molecule has 1 heterocycles. The van der Waals surface area contributed by atoms with Gasteiger partial charge in [0, 0.05) is 0 Å². The summed E-state index contributed by atoms with van der Waals surface area (Å²) < 4.78 is 5.67.